The van der Waals surface area contributed by atoms with Gasteiger partial charge in [-0.05, 0) is 31.0 Å². The Balaban J connectivity index is 1.83. The van der Waals surface area contributed by atoms with Crippen LogP contribution in [0.15, 0.2) is 48.5 Å². The van der Waals surface area contributed by atoms with Gasteiger partial charge in [0.1, 0.15) is 5.82 Å². The van der Waals surface area contributed by atoms with E-state index in [4.69, 9.17) is 0 Å². The summed E-state index contributed by atoms with van der Waals surface area (Å²) in [5.74, 6) is 1.04. The second-order valence-corrected chi connectivity index (χ2v) is 6.97. The van der Waals surface area contributed by atoms with E-state index in [2.05, 4.69) is 15.3 Å². The summed E-state index contributed by atoms with van der Waals surface area (Å²) in [6.45, 7) is 0. The molecule has 0 bridgehead atoms. The molecule has 1 N–H and O–H groups in total. The van der Waals surface area contributed by atoms with Crippen LogP contribution >= 0.6 is 0 Å². The minimum absolute atomic E-state index is 0.294. The predicted octanol–water partition coefficient (Wildman–Crippen LogP) is 6.06. The Morgan fingerprint density at radius 1 is 0.889 bits per heavy atom. The van der Waals surface area contributed by atoms with E-state index in [1.807, 2.05) is 30.3 Å². The third kappa shape index (κ3) is 3.89. The topological polar surface area (TPSA) is 37.8 Å². The average molecular weight is 371 g/mol. The number of benzene rings is 2. The van der Waals surface area contributed by atoms with Gasteiger partial charge in [0.25, 0.3) is 0 Å². The third-order valence-electron chi connectivity index (χ3n) is 5.00. The Kier molecular flexibility index (Phi) is 4.72. The third-order valence-corrected chi connectivity index (χ3v) is 5.00. The lowest BCUT2D eigenvalue weighted by Gasteiger charge is -2.24. The molecule has 0 spiro atoms. The molecule has 1 heterocycles. The summed E-state index contributed by atoms with van der Waals surface area (Å²) < 4.78 is 39.5. The van der Waals surface area contributed by atoms with Crippen molar-refractivity contribution >= 4 is 16.7 Å². The van der Waals surface area contributed by atoms with Gasteiger partial charge in [0.05, 0.1) is 11.1 Å². The molecule has 140 valence electrons. The van der Waals surface area contributed by atoms with Crippen LogP contribution in [0.3, 0.4) is 0 Å². The van der Waals surface area contributed by atoms with E-state index in [1.54, 1.807) is 0 Å². The molecule has 1 aliphatic rings. The van der Waals surface area contributed by atoms with Gasteiger partial charge >= 0.3 is 6.18 Å². The number of rotatable bonds is 3. The highest BCUT2D eigenvalue weighted by Crippen LogP contribution is 2.34. The number of alkyl halides is 3. The molecular formula is C21H20F3N3. The molecule has 0 unspecified atom stereocenters. The average Bonchev–Trinajstić information content (AvgIpc) is 2.68. The van der Waals surface area contributed by atoms with Gasteiger partial charge in [-0.3, -0.25) is 0 Å². The fourth-order valence-electron chi connectivity index (χ4n) is 3.57. The first-order valence-corrected chi connectivity index (χ1v) is 9.22. The monoisotopic (exact) mass is 371 g/mol. The number of fused-ring (bicyclic) bond motifs is 1. The van der Waals surface area contributed by atoms with E-state index >= 15 is 0 Å². The zero-order chi connectivity index (χ0) is 18.9. The molecule has 0 atom stereocenters. The van der Waals surface area contributed by atoms with Crippen molar-refractivity contribution in [1.82, 2.24) is 9.97 Å². The molecule has 3 aromatic rings. The Morgan fingerprint density at radius 2 is 1.63 bits per heavy atom. The molecule has 27 heavy (non-hydrogen) atoms. The molecule has 1 aromatic heterocycles. The van der Waals surface area contributed by atoms with E-state index in [9.17, 15) is 13.2 Å². The van der Waals surface area contributed by atoms with Gasteiger partial charge in [0.15, 0.2) is 5.82 Å². The molecule has 3 nitrogen and oxygen atoms in total. The van der Waals surface area contributed by atoms with Gasteiger partial charge < -0.3 is 5.32 Å². The lowest BCUT2D eigenvalue weighted by Crippen LogP contribution is -2.23. The van der Waals surface area contributed by atoms with E-state index in [-0.39, 0.29) is 0 Å². The number of nitrogens with one attached hydrogen (secondary N) is 1. The Bertz CT molecular complexity index is 933. The van der Waals surface area contributed by atoms with Gasteiger partial charge in [-0.1, -0.05) is 49.6 Å². The molecular weight excluding hydrogens is 351 g/mol. The maximum Gasteiger partial charge on any atom is 0.416 e. The van der Waals surface area contributed by atoms with Crippen molar-refractivity contribution in [2.24, 2.45) is 0 Å². The molecule has 1 aliphatic carbocycles. The largest absolute Gasteiger partial charge is 0.416 e. The summed E-state index contributed by atoms with van der Waals surface area (Å²) in [5.41, 5.74) is 0.386. The second kappa shape index (κ2) is 7.18. The number of nitrogens with zero attached hydrogens (tertiary/aromatic N) is 2. The summed E-state index contributed by atoms with van der Waals surface area (Å²) in [6.07, 6.45) is 1.24. The first-order valence-electron chi connectivity index (χ1n) is 9.22. The van der Waals surface area contributed by atoms with Crippen LogP contribution < -0.4 is 5.32 Å². The lowest BCUT2D eigenvalue weighted by atomic mass is 9.95. The van der Waals surface area contributed by atoms with Crippen LogP contribution in [0.2, 0.25) is 0 Å². The predicted molar refractivity (Wildman–Crippen MR) is 100 cm³/mol. The van der Waals surface area contributed by atoms with Crippen LogP contribution in [0.25, 0.3) is 22.3 Å². The van der Waals surface area contributed by atoms with Crippen LogP contribution in [0.1, 0.15) is 37.7 Å². The molecule has 2 aromatic carbocycles. The Hall–Kier alpha value is -2.63. The van der Waals surface area contributed by atoms with Crippen LogP contribution in [0.5, 0.6) is 0 Å². The quantitative estimate of drug-likeness (QED) is 0.608. The molecule has 0 amide bonds. The van der Waals surface area contributed by atoms with Crippen molar-refractivity contribution in [3.63, 3.8) is 0 Å². The molecule has 0 aliphatic heterocycles. The zero-order valence-electron chi connectivity index (χ0n) is 14.8. The standard InChI is InChI=1S/C21H20F3N3/c22-21(23,24)15-11-12-17-18(13-15)26-19(14-7-3-1-4-8-14)27-20(17)25-16-9-5-2-6-10-16/h1,3-4,7-8,11-13,16H,2,5-6,9-10H2,(H,25,26,27). The van der Waals surface area contributed by atoms with Gasteiger partial charge in [-0.25, -0.2) is 9.97 Å². The van der Waals surface area contributed by atoms with Crippen LogP contribution in [-0.2, 0) is 6.18 Å². The lowest BCUT2D eigenvalue weighted by molar-refractivity contribution is -0.137. The zero-order valence-corrected chi connectivity index (χ0v) is 14.8. The van der Waals surface area contributed by atoms with Crippen molar-refractivity contribution in [1.29, 1.82) is 0 Å². The van der Waals surface area contributed by atoms with Crippen LogP contribution in [0.4, 0.5) is 19.0 Å². The summed E-state index contributed by atoms with van der Waals surface area (Å²) in [4.78, 5) is 9.08. The molecule has 6 heteroatoms. The summed E-state index contributed by atoms with van der Waals surface area (Å²) in [5, 5.41) is 4.08. The fraction of sp³-hybridized carbons (Fsp3) is 0.333. The van der Waals surface area contributed by atoms with Crippen molar-refractivity contribution in [3.8, 4) is 11.4 Å². The molecule has 1 saturated carbocycles. The number of aromatic nitrogens is 2. The van der Waals surface area contributed by atoms with Crippen molar-refractivity contribution in [2.45, 2.75) is 44.3 Å². The van der Waals surface area contributed by atoms with E-state index in [0.29, 0.717) is 28.6 Å². The smallest absolute Gasteiger partial charge is 0.367 e. The molecule has 1 fully saturated rings. The Labute approximate surface area is 155 Å². The van der Waals surface area contributed by atoms with E-state index < -0.39 is 11.7 Å². The SMILES string of the molecule is FC(F)(F)c1ccc2c(NC3CCCCC3)nc(-c3ccccc3)nc2c1. The number of halogens is 3. The Morgan fingerprint density at radius 3 is 2.33 bits per heavy atom. The first-order chi connectivity index (χ1) is 13.0. The van der Waals surface area contributed by atoms with Crippen LogP contribution in [-0.4, -0.2) is 16.0 Å². The van der Waals surface area contributed by atoms with Gasteiger partial charge in [-0.2, -0.15) is 13.2 Å². The molecule has 4 rings (SSSR count). The minimum atomic E-state index is -4.40. The normalized spacial score (nSPS) is 15.8. The van der Waals surface area contributed by atoms with E-state index in [1.165, 1.54) is 12.5 Å². The minimum Gasteiger partial charge on any atom is -0.367 e. The molecule has 0 radical (unpaired) electrons. The number of anilines is 1. The maximum absolute atomic E-state index is 13.2. The summed E-state index contributed by atoms with van der Waals surface area (Å²) in [7, 11) is 0. The highest BCUT2D eigenvalue weighted by molar-refractivity contribution is 5.91. The highest BCUT2D eigenvalue weighted by atomic mass is 19.4. The van der Waals surface area contributed by atoms with Gasteiger partial charge in [-0.15, -0.1) is 0 Å². The number of hydrogen-bond donors (Lipinski definition) is 1. The van der Waals surface area contributed by atoms with Crippen molar-refractivity contribution in [3.05, 3.63) is 54.1 Å². The van der Waals surface area contributed by atoms with Gasteiger partial charge in [0.2, 0.25) is 0 Å². The maximum atomic E-state index is 13.2. The van der Waals surface area contributed by atoms with Crippen LogP contribution in [0, 0.1) is 0 Å². The fourth-order valence-corrected chi connectivity index (χ4v) is 3.57. The second-order valence-electron chi connectivity index (χ2n) is 6.97. The van der Waals surface area contributed by atoms with Gasteiger partial charge in [0, 0.05) is 17.0 Å². The number of hydrogen-bond acceptors (Lipinski definition) is 3. The summed E-state index contributed by atoms with van der Waals surface area (Å²) in [6, 6.07) is 13.3. The first kappa shape index (κ1) is 17.8. The van der Waals surface area contributed by atoms with E-state index in [0.717, 1.165) is 43.4 Å². The highest BCUT2D eigenvalue weighted by Gasteiger charge is 2.31. The van der Waals surface area contributed by atoms with Crippen molar-refractivity contribution < 1.29 is 13.2 Å². The van der Waals surface area contributed by atoms with Crippen molar-refractivity contribution in [2.75, 3.05) is 5.32 Å². The molecule has 0 saturated heterocycles. The summed E-state index contributed by atoms with van der Waals surface area (Å²) >= 11 is 0.